The number of nitrogens with one attached hydrogen (secondary N) is 1. The van der Waals surface area contributed by atoms with Crippen LogP contribution < -0.4 is 14.8 Å². The van der Waals surface area contributed by atoms with Crippen LogP contribution in [0, 0.1) is 0 Å². The van der Waals surface area contributed by atoms with Gasteiger partial charge in [0.2, 0.25) is 0 Å². The van der Waals surface area contributed by atoms with E-state index in [4.69, 9.17) is 9.47 Å². The lowest BCUT2D eigenvalue weighted by atomic mass is 9.98. The van der Waals surface area contributed by atoms with Crippen molar-refractivity contribution in [2.45, 2.75) is 36.6 Å². The molecule has 21 heavy (non-hydrogen) atoms. The van der Waals surface area contributed by atoms with Crippen LogP contribution in [0.25, 0.3) is 0 Å². The van der Waals surface area contributed by atoms with Crippen LogP contribution in [0.2, 0.25) is 0 Å². The van der Waals surface area contributed by atoms with Gasteiger partial charge in [-0.2, -0.15) is 0 Å². The summed E-state index contributed by atoms with van der Waals surface area (Å²) in [6, 6.07) is 6.14. The monoisotopic (exact) mass is 311 g/mol. The van der Waals surface area contributed by atoms with Gasteiger partial charge in [-0.25, -0.2) is 0 Å². The Morgan fingerprint density at radius 2 is 2.05 bits per heavy atom. The quantitative estimate of drug-likeness (QED) is 0.599. The van der Waals surface area contributed by atoms with E-state index in [1.54, 1.807) is 0 Å². The third-order valence-electron chi connectivity index (χ3n) is 3.81. The number of rotatable bonds is 7. The van der Waals surface area contributed by atoms with Crippen molar-refractivity contribution >= 4 is 11.8 Å². The fraction of sp³-hybridized carbons (Fsp3) is 0.625. The number of likely N-dealkylation sites (N-methyl/N-ethyl adjacent to an activating group) is 1. The van der Waals surface area contributed by atoms with E-state index in [-0.39, 0.29) is 12.1 Å². The highest BCUT2D eigenvalue weighted by atomic mass is 32.2. The first-order valence-corrected chi connectivity index (χ1v) is 8.48. The number of hydrogen-bond acceptors (Lipinski definition) is 5. The molecule has 4 nitrogen and oxygen atoms in total. The van der Waals surface area contributed by atoms with Crippen LogP contribution in [-0.2, 0) is 0 Å². The average Bonchev–Trinajstić information content (AvgIpc) is 2.76. The van der Waals surface area contributed by atoms with Gasteiger partial charge in [0.25, 0.3) is 0 Å². The maximum absolute atomic E-state index is 9.36. The van der Waals surface area contributed by atoms with E-state index >= 15 is 0 Å². The van der Waals surface area contributed by atoms with E-state index in [2.05, 4.69) is 17.4 Å². The Labute approximate surface area is 131 Å². The van der Waals surface area contributed by atoms with Crippen molar-refractivity contribution in [3.05, 3.63) is 18.2 Å². The van der Waals surface area contributed by atoms with E-state index in [1.165, 1.54) is 4.90 Å². The second-order valence-electron chi connectivity index (χ2n) is 5.58. The number of ether oxygens (including phenoxy) is 2. The molecule has 0 fully saturated rings. The zero-order valence-electron chi connectivity index (χ0n) is 12.9. The van der Waals surface area contributed by atoms with Gasteiger partial charge < -0.3 is 19.9 Å². The molecule has 0 aliphatic carbocycles. The van der Waals surface area contributed by atoms with Crippen LogP contribution in [-0.4, -0.2) is 43.3 Å². The van der Waals surface area contributed by atoms with Crippen molar-refractivity contribution in [2.75, 3.05) is 32.6 Å². The molecular weight excluding hydrogens is 286 g/mol. The molecular formula is C16H25NO3S. The largest absolute Gasteiger partial charge is 0.490 e. The molecule has 0 spiro atoms. The molecule has 0 aromatic heterocycles. The first kappa shape index (κ1) is 16.5. The van der Waals surface area contributed by atoms with Crippen LogP contribution in [0.3, 0.4) is 0 Å². The van der Waals surface area contributed by atoms with E-state index < -0.39 is 0 Å². The van der Waals surface area contributed by atoms with Crippen molar-refractivity contribution in [1.29, 1.82) is 0 Å². The summed E-state index contributed by atoms with van der Waals surface area (Å²) in [7, 11) is 1.90. The molecule has 5 heteroatoms. The molecule has 1 aromatic rings. The highest BCUT2D eigenvalue weighted by Crippen LogP contribution is 2.34. The van der Waals surface area contributed by atoms with Gasteiger partial charge in [-0.1, -0.05) is 0 Å². The molecule has 0 saturated carbocycles. The van der Waals surface area contributed by atoms with E-state index in [0.29, 0.717) is 0 Å². The standard InChI is InChI=1S/C16H25NO3S/c1-16(12-18,17-2)7-3-10-21-13-5-6-14-15(11-13)20-9-4-8-19-14/h5-6,11,17-18H,3-4,7-10,12H2,1-2H3. The lowest BCUT2D eigenvalue weighted by Gasteiger charge is -2.26. The zero-order valence-corrected chi connectivity index (χ0v) is 13.7. The minimum absolute atomic E-state index is 0.165. The van der Waals surface area contributed by atoms with Crippen LogP contribution in [0.15, 0.2) is 23.1 Å². The van der Waals surface area contributed by atoms with Crippen molar-refractivity contribution in [3.63, 3.8) is 0 Å². The van der Waals surface area contributed by atoms with Gasteiger partial charge in [0.05, 0.1) is 19.8 Å². The molecule has 0 saturated heterocycles. The van der Waals surface area contributed by atoms with Gasteiger partial charge in [0, 0.05) is 16.9 Å². The van der Waals surface area contributed by atoms with Crippen molar-refractivity contribution in [2.24, 2.45) is 0 Å². The van der Waals surface area contributed by atoms with Gasteiger partial charge in [-0.05, 0) is 50.8 Å². The zero-order chi connectivity index (χ0) is 15.1. The van der Waals surface area contributed by atoms with Crippen LogP contribution in [0.5, 0.6) is 11.5 Å². The fourth-order valence-corrected chi connectivity index (χ4v) is 3.05. The normalized spacial score (nSPS) is 17.1. The molecule has 1 unspecified atom stereocenters. The molecule has 1 aromatic carbocycles. The van der Waals surface area contributed by atoms with Crippen molar-refractivity contribution in [1.82, 2.24) is 5.32 Å². The summed E-state index contributed by atoms with van der Waals surface area (Å²) in [5, 5.41) is 12.5. The van der Waals surface area contributed by atoms with Crippen LogP contribution in [0.1, 0.15) is 26.2 Å². The minimum Gasteiger partial charge on any atom is -0.490 e. The van der Waals surface area contributed by atoms with E-state index in [9.17, 15) is 5.11 Å². The predicted octanol–water partition coefficient (Wildman–Crippen LogP) is 2.69. The number of benzene rings is 1. The molecule has 0 amide bonds. The summed E-state index contributed by atoms with van der Waals surface area (Å²) < 4.78 is 11.3. The molecule has 2 rings (SSSR count). The fourth-order valence-electron chi connectivity index (χ4n) is 2.17. The Hall–Kier alpha value is -0.910. The highest BCUT2D eigenvalue weighted by molar-refractivity contribution is 7.99. The predicted molar refractivity (Wildman–Crippen MR) is 86.6 cm³/mol. The Balaban J connectivity index is 1.82. The third kappa shape index (κ3) is 4.80. The molecule has 1 aliphatic heterocycles. The van der Waals surface area contributed by atoms with E-state index in [1.807, 2.05) is 31.8 Å². The molecule has 2 N–H and O–H groups in total. The van der Waals surface area contributed by atoms with Crippen LogP contribution in [0.4, 0.5) is 0 Å². The molecule has 0 bridgehead atoms. The Bertz CT molecular complexity index is 449. The van der Waals surface area contributed by atoms with Crippen molar-refractivity contribution in [3.8, 4) is 11.5 Å². The number of aliphatic hydroxyl groups is 1. The topological polar surface area (TPSA) is 50.7 Å². The number of thioether (sulfide) groups is 1. The summed E-state index contributed by atoms with van der Waals surface area (Å²) >= 11 is 1.82. The first-order chi connectivity index (χ1) is 10.2. The van der Waals surface area contributed by atoms with E-state index in [0.717, 1.165) is 49.7 Å². The molecule has 1 heterocycles. The Morgan fingerprint density at radius 1 is 1.29 bits per heavy atom. The van der Waals surface area contributed by atoms with Crippen molar-refractivity contribution < 1.29 is 14.6 Å². The van der Waals surface area contributed by atoms with Gasteiger partial charge in [0.15, 0.2) is 11.5 Å². The highest BCUT2D eigenvalue weighted by Gasteiger charge is 2.19. The van der Waals surface area contributed by atoms with Gasteiger partial charge >= 0.3 is 0 Å². The SMILES string of the molecule is CNC(C)(CO)CCCSc1ccc2c(c1)OCCCO2. The second kappa shape index (κ2) is 7.92. The van der Waals surface area contributed by atoms with Gasteiger partial charge in [-0.15, -0.1) is 11.8 Å². The summed E-state index contributed by atoms with van der Waals surface area (Å²) in [6.07, 6.45) is 2.94. The molecule has 0 radical (unpaired) electrons. The number of hydrogen-bond donors (Lipinski definition) is 2. The molecule has 1 aliphatic rings. The summed E-state index contributed by atoms with van der Waals surface area (Å²) in [4.78, 5) is 1.20. The van der Waals surface area contributed by atoms with Gasteiger partial charge in [0.1, 0.15) is 0 Å². The number of fused-ring (bicyclic) bond motifs is 1. The number of aliphatic hydroxyl groups excluding tert-OH is 1. The maximum atomic E-state index is 9.36. The van der Waals surface area contributed by atoms with Crippen LogP contribution >= 0.6 is 11.8 Å². The summed E-state index contributed by atoms with van der Waals surface area (Å²) in [6.45, 7) is 3.66. The second-order valence-corrected chi connectivity index (χ2v) is 6.75. The van der Waals surface area contributed by atoms with Gasteiger partial charge in [-0.3, -0.25) is 0 Å². The molecule has 1 atom stereocenters. The average molecular weight is 311 g/mol. The smallest absolute Gasteiger partial charge is 0.162 e. The molecule has 118 valence electrons. The first-order valence-electron chi connectivity index (χ1n) is 7.49. The Morgan fingerprint density at radius 3 is 2.76 bits per heavy atom. The maximum Gasteiger partial charge on any atom is 0.162 e. The lowest BCUT2D eigenvalue weighted by molar-refractivity contribution is 0.173. The lowest BCUT2D eigenvalue weighted by Crippen LogP contribution is -2.43. The Kier molecular flexibility index (Phi) is 6.21. The minimum atomic E-state index is -0.175. The summed E-state index contributed by atoms with van der Waals surface area (Å²) in [5.74, 6) is 2.73. The summed E-state index contributed by atoms with van der Waals surface area (Å²) in [5.41, 5.74) is -0.175. The third-order valence-corrected chi connectivity index (χ3v) is 4.89.